The van der Waals surface area contributed by atoms with Crippen LogP contribution in [0, 0.1) is 5.92 Å². The van der Waals surface area contributed by atoms with Crippen LogP contribution in [-0.4, -0.2) is 36.2 Å². The summed E-state index contributed by atoms with van der Waals surface area (Å²) in [6, 6.07) is 4.81. The minimum atomic E-state index is -0.0772. The molecule has 1 saturated heterocycles. The first-order valence-corrected chi connectivity index (χ1v) is 10.7. The minimum Gasteiger partial charge on any atom is -0.507 e. The van der Waals surface area contributed by atoms with Gasteiger partial charge in [0.25, 0.3) is 0 Å². The van der Waals surface area contributed by atoms with E-state index in [4.69, 9.17) is 0 Å². The minimum absolute atomic E-state index is 0.0640. The van der Waals surface area contributed by atoms with Crippen LogP contribution in [0.2, 0.25) is 0 Å². The van der Waals surface area contributed by atoms with Gasteiger partial charge in [0, 0.05) is 37.8 Å². The molecule has 0 radical (unpaired) electrons. The molecule has 1 aliphatic heterocycles. The first-order chi connectivity index (χ1) is 12.4. The van der Waals surface area contributed by atoms with E-state index in [1.807, 2.05) is 0 Å². The summed E-state index contributed by atoms with van der Waals surface area (Å²) < 4.78 is 0. The van der Waals surface area contributed by atoms with E-state index in [1.54, 1.807) is 0 Å². The van der Waals surface area contributed by atoms with Crippen LogP contribution >= 0.6 is 0 Å². The highest BCUT2D eigenvalue weighted by atomic mass is 16.3. The Hall–Kier alpha value is -1.06. The summed E-state index contributed by atoms with van der Waals surface area (Å²) in [6.07, 6.45) is 2.28. The van der Waals surface area contributed by atoms with Gasteiger partial charge in [-0.25, -0.2) is 0 Å². The highest BCUT2D eigenvalue weighted by molar-refractivity contribution is 5.50. The standard InChI is InChI=1S/C24H42N2O/c1-17(2)9-10-21(26-13-11-25-12-14-26)19-15-18(23(3,4)5)16-20(22(19)27)24(6,7)8/h15-17,21,25,27H,9-14H2,1-8H3/t21-/m1/s1. The Morgan fingerprint density at radius 3 is 2.04 bits per heavy atom. The van der Waals surface area contributed by atoms with Crippen molar-refractivity contribution < 1.29 is 5.11 Å². The van der Waals surface area contributed by atoms with Crippen molar-refractivity contribution in [1.82, 2.24) is 10.2 Å². The van der Waals surface area contributed by atoms with Crippen molar-refractivity contribution in [3.8, 4) is 5.75 Å². The number of phenols is 1. The molecule has 1 aromatic carbocycles. The van der Waals surface area contributed by atoms with Crippen LogP contribution in [0.4, 0.5) is 0 Å². The van der Waals surface area contributed by atoms with Crippen molar-refractivity contribution in [2.75, 3.05) is 26.2 Å². The molecule has 1 atom stereocenters. The molecule has 154 valence electrons. The third kappa shape index (κ3) is 5.71. The van der Waals surface area contributed by atoms with Crippen molar-refractivity contribution >= 4 is 0 Å². The SMILES string of the molecule is CC(C)CC[C@H](c1cc(C(C)(C)C)cc(C(C)(C)C)c1O)N1CCNCC1. The molecular formula is C24H42N2O. The molecule has 0 spiro atoms. The zero-order valence-corrected chi connectivity index (χ0v) is 18.9. The number of phenolic OH excluding ortho intramolecular Hbond substituents is 1. The monoisotopic (exact) mass is 374 g/mol. The number of nitrogens with zero attached hydrogens (tertiary/aromatic N) is 1. The number of hydrogen-bond donors (Lipinski definition) is 2. The molecule has 0 aliphatic carbocycles. The molecule has 1 aliphatic rings. The van der Waals surface area contributed by atoms with Gasteiger partial charge in [0.1, 0.15) is 5.75 Å². The maximum Gasteiger partial charge on any atom is 0.124 e. The van der Waals surface area contributed by atoms with Crippen LogP contribution in [0.3, 0.4) is 0 Å². The van der Waals surface area contributed by atoms with Crippen LogP contribution in [-0.2, 0) is 10.8 Å². The summed E-state index contributed by atoms with van der Waals surface area (Å²) in [5, 5.41) is 14.8. The molecule has 1 fully saturated rings. The number of aromatic hydroxyl groups is 1. The van der Waals surface area contributed by atoms with Crippen LogP contribution < -0.4 is 5.32 Å². The second-order valence-corrected chi connectivity index (χ2v) is 10.7. The zero-order chi connectivity index (χ0) is 20.4. The lowest BCUT2D eigenvalue weighted by atomic mass is 9.77. The van der Waals surface area contributed by atoms with Gasteiger partial charge in [0.15, 0.2) is 0 Å². The van der Waals surface area contributed by atoms with Gasteiger partial charge in [-0.3, -0.25) is 4.90 Å². The van der Waals surface area contributed by atoms with E-state index in [2.05, 4.69) is 77.7 Å². The molecule has 1 aromatic rings. The maximum atomic E-state index is 11.3. The molecule has 0 amide bonds. The van der Waals surface area contributed by atoms with E-state index >= 15 is 0 Å². The Morgan fingerprint density at radius 1 is 0.963 bits per heavy atom. The van der Waals surface area contributed by atoms with E-state index in [9.17, 15) is 5.11 Å². The summed E-state index contributed by atoms with van der Waals surface area (Å²) in [4.78, 5) is 2.58. The van der Waals surface area contributed by atoms with Crippen LogP contribution in [0.5, 0.6) is 5.75 Å². The maximum absolute atomic E-state index is 11.3. The average Bonchev–Trinajstić information content (AvgIpc) is 2.55. The number of nitrogens with one attached hydrogen (secondary N) is 1. The first-order valence-electron chi connectivity index (χ1n) is 10.7. The summed E-state index contributed by atoms with van der Waals surface area (Å²) in [5.41, 5.74) is 3.52. The molecule has 3 nitrogen and oxygen atoms in total. The van der Waals surface area contributed by atoms with Gasteiger partial charge >= 0.3 is 0 Å². The lowest BCUT2D eigenvalue weighted by molar-refractivity contribution is 0.157. The van der Waals surface area contributed by atoms with E-state index in [-0.39, 0.29) is 16.9 Å². The predicted molar refractivity (Wildman–Crippen MR) is 117 cm³/mol. The number of piperazine rings is 1. The quantitative estimate of drug-likeness (QED) is 0.727. The third-order valence-corrected chi connectivity index (χ3v) is 5.78. The smallest absolute Gasteiger partial charge is 0.124 e. The van der Waals surface area contributed by atoms with Crippen molar-refractivity contribution in [3.05, 3.63) is 28.8 Å². The molecule has 1 heterocycles. The fourth-order valence-electron chi connectivity index (χ4n) is 3.94. The molecular weight excluding hydrogens is 332 g/mol. The third-order valence-electron chi connectivity index (χ3n) is 5.78. The summed E-state index contributed by atoms with van der Waals surface area (Å²) >= 11 is 0. The van der Waals surface area contributed by atoms with Crippen molar-refractivity contribution in [1.29, 1.82) is 0 Å². The zero-order valence-electron chi connectivity index (χ0n) is 18.9. The molecule has 0 aromatic heterocycles. The summed E-state index contributed by atoms with van der Waals surface area (Å²) in [5.74, 6) is 1.19. The molecule has 0 unspecified atom stereocenters. The molecule has 2 N–H and O–H groups in total. The number of hydrogen-bond acceptors (Lipinski definition) is 3. The Morgan fingerprint density at radius 2 is 1.56 bits per heavy atom. The van der Waals surface area contributed by atoms with Gasteiger partial charge in [0.05, 0.1) is 0 Å². The van der Waals surface area contributed by atoms with Gasteiger partial charge in [-0.1, -0.05) is 61.5 Å². The number of benzene rings is 1. The van der Waals surface area contributed by atoms with Gasteiger partial charge in [-0.15, -0.1) is 0 Å². The van der Waals surface area contributed by atoms with E-state index in [0.29, 0.717) is 11.7 Å². The summed E-state index contributed by atoms with van der Waals surface area (Å²) in [6.45, 7) is 22.1. The van der Waals surface area contributed by atoms with Gasteiger partial charge < -0.3 is 10.4 Å². The largest absolute Gasteiger partial charge is 0.507 e. The highest BCUT2D eigenvalue weighted by Crippen LogP contribution is 2.42. The summed E-state index contributed by atoms with van der Waals surface area (Å²) in [7, 11) is 0. The number of rotatable bonds is 5. The Bertz CT molecular complexity index is 616. The van der Waals surface area contributed by atoms with Crippen LogP contribution in [0.25, 0.3) is 0 Å². The molecule has 0 bridgehead atoms. The van der Waals surface area contributed by atoms with Crippen LogP contribution in [0.15, 0.2) is 12.1 Å². The van der Waals surface area contributed by atoms with E-state index in [0.717, 1.165) is 43.7 Å². The van der Waals surface area contributed by atoms with Crippen molar-refractivity contribution in [2.45, 2.75) is 85.1 Å². The van der Waals surface area contributed by atoms with Gasteiger partial charge in [-0.2, -0.15) is 0 Å². The van der Waals surface area contributed by atoms with Gasteiger partial charge in [0.2, 0.25) is 0 Å². The van der Waals surface area contributed by atoms with E-state index in [1.165, 1.54) is 12.0 Å². The predicted octanol–water partition coefficient (Wildman–Crippen LogP) is 5.37. The Balaban J connectivity index is 2.57. The Kier molecular flexibility index (Phi) is 7.02. The topological polar surface area (TPSA) is 35.5 Å². The fourth-order valence-corrected chi connectivity index (χ4v) is 3.94. The lowest BCUT2D eigenvalue weighted by Gasteiger charge is -2.37. The van der Waals surface area contributed by atoms with Crippen LogP contribution in [0.1, 0.15) is 91.0 Å². The second kappa shape index (κ2) is 8.53. The molecule has 27 heavy (non-hydrogen) atoms. The second-order valence-electron chi connectivity index (χ2n) is 10.7. The van der Waals surface area contributed by atoms with E-state index < -0.39 is 0 Å². The normalized spacial score (nSPS) is 18.1. The van der Waals surface area contributed by atoms with Crippen molar-refractivity contribution in [2.24, 2.45) is 5.92 Å². The highest BCUT2D eigenvalue weighted by Gasteiger charge is 2.30. The molecule has 0 saturated carbocycles. The average molecular weight is 375 g/mol. The first kappa shape index (κ1) is 22.2. The van der Waals surface area contributed by atoms with Crippen molar-refractivity contribution in [3.63, 3.8) is 0 Å². The van der Waals surface area contributed by atoms with Gasteiger partial charge in [-0.05, 0) is 46.8 Å². The lowest BCUT2D eigenvalue weighted by Crippen LogP contribution is -2.45. The fraction of sp³-hybridized carbons (Fsp3) is 0.750. The Labute approximate surface area is 167 Å². The molecule has 3 heteroatoms. The molecule has 2 rings (SSSR count).